The van der Waals surface area contributed by atoms with Crippen LogP contribution in [-0.2, 0) is 5.41 Å². The molecule has 3 heteroatoms. The van der Waals surface area contributed by atoms with Crippen molar-refractivity contribution >= 4 is 22.2 Å². The molecule has 0 radical (unpaired) electrons. The van der Waals surface area contributed by atoms with Crippen LogP contribution in [0.5, 0.6) is 0 Å². The second-order valence-electron chi connectivity index (χ2n) is 5.56. The molecular weight excluding hydrogens is 240 g/mol. The Bertz CT molecular complexity index is 653. The lowest BCUT2D eigenvalue weighted by Crippen LogP contribution is -2.10. The highest BCUT2D eigenvalue weighted by Gasteiger charge is 2.18. The van der Waals surface area contributed by atoms with Crippen LogP contribution in [-0.4, -0.2) is 9.97 Å². The molecule has 0 bridgehead atoms. The van der Waals surface area contributed by atoms with Crippen molar-refractivity contribution in [2.45, 2.75) is 26.2 Å². The van der Waals surface area contributed by atoms with Gasteiger partial charge >= 0.3 is 0 Å². The lowest BCUT2D eigenvalue weighted by molar-refractivity contribution is 0.586. The van der Waals surface area contributed by atoms with Crippen molar-refractivity contribution in [1.82, 2.24) is 9.97 Å². The summed E-state index contributed by atoms with van der Waals surface area (Å²) in [5.74, 6) is 0. The summed E-state index contributed by atoms with van der Waals surface area (Å²) in [6.45, 7) is 6.59. The third-order valence-electron chi connectivity index (χ3n) is 2.95. The lowest BCUT2D eigenvalue weighted by atomic mass is 9.98. The molecule has 18 heavy (non-hydrogen) atoms. The summed E-state index contributed by atoms with van der Waals surface area (Å²) in [6, 6.07) is 10.5. The van der Waals surface area contributed by atoms with E-state index < -0.39 is 0 Å². The van der Waals surface area contributed by atoms with Crippen LogP contribution in [0.3, 0.4) is 0 Å². The molecule has 0 saturated heterocycles. The first-order valence-corrected chi connectivity index (χ1v) is 6.96. The molecule has 0 amide bonds. The Balaban J connectivity index is 2.06. The Hall–Kier alpha value is -1.61. The second kappa shape index (κ2) is 3.95. The zero-order valence-electron chi connectivity index (χ0n) is 10.8. The summed E-state index contributed by atoms with van der Waals surface area (Å²) in [5, 5.41) is 4.54. The van der Waals surface area contributed by atoms with E-state index in [0.29, 0.717) is 0 Å². The number of hydrogen-bond acceptors (Lipinski definition) is 2. The van der Waals surface area contributed by atoms with Gasteiger partial charge in [0.15, 0.2) is 0 Å². The third kappa shape index (κ3) is 1.95. The van der Waals surface area contributed by atoms with Gasteiger partial charge in [0.25, 0.3) is 0 Å². The Labute approximate surface area is 111 Å². The predicted octanol–water partition coefficient (Wildman–Crippen LogP) is 4.59. The number of aromatic nitrogens is 2. The molecule has 1 aromatic carbocycles. The minimum absolute atomic E-state index is 0.120. The molecule has 92 valence electrons. The maximum Gasteiger partial charge on any atom is 0.0986 e. The second-order valence-corrected chi connectivity index (χ2v) is 6.42. The van der Waals surface area contributed by atoms with Crippen molar-refractivity contribution in [3.8, 4) is 11.4 Å². The van der Waals surface area contributed by atoms with Crippen molar-refractivity contribution in [2.75, 3.05) is 0 Å². The largest absolute Gasteiger partial charge is 0.353 e. The standard InChI is InChI=1S/C15H16N2S/c1-15(2,3)14-17-13(9-18-14)12-8-10-6-4-5-7-11(10)16-12/h4-9,16H,1-3H3. The number of aromatic amines is 1. The van der Waals surface area contributed by atoms with Gasteiger partial charge in [-0.15, -0.1) is 11.3 Å². The van der Waals surface area contributed by atoms with E-state index in [-0.39, 0.29) is 5.41 Å². The molecule has 0 atom stereocenters. The molecule has 2 heterocycles. The van der Waals surface area contributed by atoms with Gasteiger partial charge in [0.1, 0.15) is 0 Å². The van der Waals surface area contributed by atoms with Crippen LogP contribution in [0.1, 0.15) is 25.8 Å². The van der Waals surface area contributed by atoms with E-state index in [1.807, 2.05) is 6.07 Å². The van der Waals surface area contributed by atoms with Crippen LogP contribution in [0.4, 0.5) is 0 Å². The highest BCUT2D eigenvalue weighted by Crippen LogP contribution is 2.30. The first-order chi connectivity index (χ1) is 8.54. The van der Waals surface area contributed by atoms with Crippen LogP contribution in [0.25, 0.3) is 22.3 Å². The molecule has 2 aromatic heterocycles. The topological polar surface area (TPSA) is 28.7 Å². The summed E-state index contributed by atoms with van der Waals surface area (Å²) in [7, 11) is 0. The van der Waals surface area contributed by atoms with Crippen LogP contribution in [0.15, 0.2) is 35.7 Å². The van der Waals surface area contributed by atoms with E-state index in [1.54, 1.807) is 11.3 Å². The van der Waals surface area contributed by atoms with Crippen LogP contribution >= 0.6 is 11.3 Å². The van der Waals surface area contributed by atoms with Gasteiger partial charge in [0.2, 0.25) is 0 Å². The van der Waals surface area contributed by atoms with Crippen molar-refractivity contribution < 1.29 is 0 Å². The quantitative estimate of drug-likeness (QED) is 0.678. The van der Waals surface area contributed by atoms with Crippen molar-refractivity contribution in [2.24, 2.45) is 0 Å². The molecule has 2 nitrogen and oxygen atoms in total. The van der Waals surface area contributed by atoms with E-state index in [1.165, 1.54) is 10.4 Å². The average molecular weight is 256 g/mol. The number of nitrogens with zero attached hydrogens (tertiary/aromatic N) is 1. The number of H-pyrrole nitrogens is 1. The first kappa shape index (κ1) is 11.5. The van der Waals surface area contributed by atoms with E-state index in [2.05, 4.69) is 55.4 Å². The smallest absolute Gasteiger partial charge is 0.0986 e. The zero-order valence-corrected chi connectivity index (χ0v) is 11.6. The number of para-hydroxylation sites is 1. The first-order valence-electron chi connectivity index (χ1n) is 6.08. The molecule has 0 aliphatic carbocycles. The van der Waals surface area contributed by atoms with Crippen molar-refractivity contribution in [3.63, 3.8) is 0 Å². The molecule has 0 saturated carbocycles. The Morgan fingerprint density at radius 3 is 2.61 bits per heavy atom. The highest BCUT2D eigenvalue weighted by molar-refractivity contribution is 7.10. The summed E-state index contributed by atoms with van der Waals surface area (Å²) in [4.78, 5) is 8.16. The van der Waals surface area contributed by atoms with E-state index >= 15 is 0 Å². The molecule has 0 aliphatic rings. The maximum atomic E-state index is 4.73. The maximum absolute atomic E-state index is 4.73. The Morgan fingerprint density at radius 1 is 1.17 bits per heavy atom. The molecule has 0 aliphatic heterocycles. The summed E-state index contributed by atoms with van der Waals surface area (Å²) in [5.41, 5.74) is 3.43. The third-order valence-corrected chi connectivity index (χ3v) is 4.22. The predicted molar refractivity (Wildman–Crippen MR) is 78.1 cm³/mol. The summed E-state index contributed by atoms with van der Waals surface area (Å²) < 4.78 is 0. The van der Waals surface area contributed by atoms with Crippen molar-refractivity contribution in [3.05, 3.63) is 40.7 Å². The fourth-order valence-corrected chi connectivity index (χ4v) is 2.86. The minimum Gasteiger partial charge on any atom is -0.353 e. The Kier molecular flexibility index (Phi) is 2.52. The summed E-state index contributed by atoms with van der Waals surface area (Å²) >= 11 is 1.73. The zero-order chi connectivity index (χ0) is 12.8. The molecule has 3 rings (SSSR count). The van der Waals surface area contributed by atoms with Gasteiger partial charge in [-0.05, 0) is 12.1 Å². The van der Waals surface area contributed by atoms with Gasteiger partial charge in [-0.2, -0.15) is 0 Å². The molecule has 0 fully saturated rings. The number of hydrogen-bond donors (Lipinski definition) is 1. The van der Waals surface area contributed by atoms with E-state index in [4.69, 9.17) is 4.98 Å². The normalized spacial score (nSPS) is 12.2. The molecule has 1 N–H and O–H groups in total. The van der Waals surface area contributed by atoms with Crippen LogP contribution in [0, 0.1) is 0 Å². The average Bonchev–Trinajstić information content (AvgIpc) is 2.94. The fraction of sp³-hybridized carbons (Fsp3) is 0.267. The minimum atomic E-state index is 0.120. The number of rotatable bonds is 1. The van der Waals surface area contributed by atoms with E-state index in [9.17, 15) is 0 Å². The fourth-order valence-electron chi connectivity index (χ4n) is 1.95. The summed E-state index contributed by atoms with van der Waals surface area (Å²) in [6.07, 6.45) is 0. The van der Waals surface area contributed by atoms with Gasteiger partial charge < -0.3 is 4.98 Å². The number of thiazole rings is 1. The van der Waals surface area contributed by atoms with Gasteiger partial charge in [-0.25, -0.2) is 4.98 Å². The molecule has 0 unspecified atom stereocenters. The number of benzene rings is 1. The van der Waals surface area contributed by atoms with Gasteiger partial charge in [-0.1, -0.05) is 39.0 Å². The highest BCUT2D eigenvalue weighted by atomic mass is 32.1. The lowest BCUT2D eigenvalue weighted by Gasteiger charge is -2.13. The molecule has 0 spiro atoms. The van der Waals surface area contributed by atoms with E-state index in [0.717, 1.165) is 16.9 Å². The van der Waals surface area contributed by atoms with Gasteiger partial charge in [0.05, 0.1) is 16.4 Å². The monoisotopic (exact) mass is 256 g/mol. The number of nitrogens with one attached hydrogen (secondary N) is 1. The van der Waals surface area contributed by atoms with Crippen LogP contribution < -0.4 is 0 Å². The molecular formula is C15H16N2S. The van der Waals surface area contributed by atoms with Crippen LogP contribution in [0.2, 0.25) is 0 Å². The Morgan fingerprint density at radius 2 is 1.94 bits per heavy atom. The number of fused-ring (bicyclic) bond motifs is 1. The van der Waals surface area contributed by atoms with Gasteiger partial charge in [0, 0.05) is 21.7 Å². The van der Waals surface area contributed by atoms with Gasteiger partial charge in [-0.3, -0.25) is 0 Å². The van der Waals surface area contributed by atoms with Crippen molar-refractivity contribution in [1.29, 1.82) is 0 Å². The SMILES string of the molecule is CC(C)(C)c1nc(-c2cc3ccccc3[nH]2)cs1. The molecule has 3 aromatic rings.